The summed E-state index contributed by atoms with van der Waals surface area (Å²) in [4.78, 5) is 12.2. The summed E-state index contributed by atoms with van der Waals surface area (Å²) >= 11 is 0. The Bertz CT molecular complexity index is 856. The van der Waals surface area contributed by atoms with E-state index >= 15 is 0 Å². The summed E-state index contributed by atoms with van der Waals surface area (Å²) in [6.45, 7) is 0.774. The van der Waals surface area contributed by atoms with Crippen molar-refractivity contribution in [1.82, 2.24) is 10.0 Å². The van der Waals surface area contributed by atoms with E-state index in [1.54, 1.807) is 0 Å². The van der Waals surface area contributed by atoms with Crippen molar-refractivity contribution in [1.29, 1.82) is 0 Å². The summed E-state index contributed by atoms with van der Waals surface area (Å²) in [5.41, 5.74) is 0.214. The maximum Gasteiger partial charge on any atom is 0.251 e. The molecule has 7 nitrogen and oxygen atoms in total. The number of nitrogens with one attached hydrogen (secondary N) is 2. The number of benzene rings is 2. The molecule has 0 saturated carbocycles. The lowest BCUT2D eigenvalue weighted by Gasteiger charge is -2.10. The Morgan fingerprint density at radius 1 is 1.07 bits per heavy atom. The van der Waals surface area contributed by atoms with Crippen molar-refractivity contribution in [2.75, 3.05) is 33.4 Å². The maximum absolute atomic E-state index is 12.8. The van der Waals surface area contributed by atoms with Crippen LogP contribution in [-0.4, -0.2) is 47.7 Å². The second kappa shape index (κ2) is 10.0. The largest absolute Gasteiger partial charge is 0.492 e. The third kappa shape index (κ3) is 6.63. The Kier molecular flexibility index (Phi) is 7.71. The van der Waals surface area contributed by atoms with Gasteiger partial charge in [0.05, 0.1) is 18.0 Å². The van der Waals surface area contributed by atoms with Crippen molar-refractivity contribution in [3.63, 3.8) is 0 Å². The predicted octanol–water partition coefficient (Wildman–Crippen LogP) is 1.56. The highest BCUT2D eigenvalue weighted by Gasteiger charge is 2.15. The van der Waals surface area contributed by atoms with Gasteiger partial charge in [-0.15, -0.1) is 0 Å². The first kappa shape index (κ1) is 20.8. The summed E-state index contributed by atoms with van der Waals surface area (Å²) in [6, 6.07) is 11.2. The summed E-state index contributed by atoms with van der Waals surface area (Å²) in [7, 11) is -2.25. The van der Waals surface area contributed by atoms with Crippen molar-refractivity contribution in [2.24, 2.45) is 0 Å². The van der Waals surface area contributed by atoms with Gasteiger partial charge in [-0.25, -0.2) is 17.5 Å². The monoisotopic (exact) mass is 396 g/mol. The number of amides is 1. The first-order chi connectivity index (χ1) is 12.9. The van der Waals surface area contributed by atoms with Gasteiger partial charge in [0, 0.05) is 19.2 Å². The topological polar surface area (TPSA) is 93.7 Å². The lowest BCUT2D eigenvalue weighted by Crippen LogP contribution is -2.29. The lowest BCUT2D eigenvalue weighted by molar-refractivity contribution is 0.0947. The molecule has 0 heterocycles. The normalized spacial score (nSPS) is 11.2. The van der Waals surface area contributed by atoms with E-state index < -0.39 is 15.9 Å². The third-order valence-corrected chi connectivity index (χ3v) is 4.93. The van der Waals surface area contributed by atoms with Gasteiger partial charge in [-0.2, -0.15) is 0 Å². The number of hydrogen-bond acceptors (Lipinski definition) is 5. The van der Waals surface area contributed by atoms with Crippen LogP contribution in [0.3, 0.4) is 0 Å². The van der Waals surface area contributed by atoms with Crippen LogP contribution in [0.15, 0.2) is 53.4 Å². The van der Waals surface area contributed by atoms with E-state index in [9.17, 15) is 17.6 Å². The van der Waals surface area contributed by atoms with E-state index in [-0.39, 0.29) is 42.6 Å². The van der Waals surface area contributed by atoms with E-state index in [1.807, 2.05) is 0 Å². The molecule has 2 aromatic rings. The van der Waals surface area contributed by atoms with Crippen molar-refractivity contribution in [2.45, 2.75) is 4.90 Å². The van der Waals surface area contributed by atoms with Gasteiger partial charge in [-0.3, -0.25) is 4.79 Å². The summed E-state index contributed by atoms with van der Waals surface area (Å²) in [5.74, 6) is -0.297. The van der Waals surface area contributed by atoms with Gasteiger partial charge in [0.2, 0.25) is 10.0 Å². The average molecular weight is 396 g/mol. The second-order valence-corrected chi connectivity index (χ2v) is 7.24. The molecule has 2 aromatic carbocycles. The SMILES string of the molecule is COCCNS(=O)(=O)c1cccc(C(=O)NCCOc2ccc(F)cc2)c1. The molecule has 0 saturated heterocycles. The van der Waals surface area contributed by atoms with E-state index in [2.05, 4.69) is 10.0 Å². The van der Waals surface area contributed by atoms with Crippen LogP contribution < -0.4 is 14.8 Å². The maximum atomic E-state index is 12.8. The van der Waals surface area contributed by atoms with Crippen LogP contribution in [0.4, 0.5) is 4.39 Å². The lowest BCUT2D eigenvalue weighted by atomic mass is 10.2. The fraction of sp³-hybridized carbons (Fsp3) is 0.278. The van der Waals surface area contributed by atoms with Gasteiger partial charge in [-0.1, -0.05) is 6.07 Å². The predicted molar refractivity (Wildman–Crippen MR) is 97.7 cm³/mol. The number of ether oxygens (including phenoxy) is 2. The Labute approximate surface area is 157 Å². The highest BCUT2D eigenvalue weighted by Crippen LogP contribution is 2.12. The molecule has 0 aliphatic heterocycles. The number of rotatable bonds is 10. The number of carbonyl (C=O) groups excluding carboxylic acids is 1. The molecule has 1 amide bonds. The number of carbonyl (C=O) groups is 1. The van der Waals surface area contributed by atoms with Crippen LogP contribution in [0.2, 0.25) is 0 Å². The molecule has 0 aromatic heterocycles. The third-order valence-electron chi connectivity index (χ3n) is 3.47. The molecule has 0 spiro atoms. The van der Waals surface area contributed by atoms with Gasteiger partial charge in [0.15, 0.2) is 0 Å². The standard InChI is InChI=1S/C18H21FN2O5S/c1-25-11-10-21-27(23,24)17-4-2-3-14(13-17)18(22)20-9-12-26-16-7-5-15(19)6-8-16/h2-8,13,21H,9-12H2,1H3,(H,20,22). The minimum atomic E-state index is -3.72. The highest BCUT2D eigenvalue weighted by molar-refractivity contribution is 7.89. The smallest absolute Gasteiger partial charge is 0.251 e. The van der Waals surface area contributed by atoms with Gasteiger partial charge in [0.1, 0.15) is 18.2 Å². The molecule has 146 valence electrons. The summed E-state index contributed by atoms with van der Waals surface area (Å²) in [5, 5.41) is 2.64. The molecule has 0 aliphatic rings. The molecule has 9 heteroatoms. The Hall–Kier alpha value is -2.49. The molecule has 2 N–H and O–H groups in total. The van der Waals surface area contributed by atoms with Gasteiger partial charge in [-0.05, 0) is 42.5 Å². The van der Waals surface area contributed by atoms with E-state index in [0.29, 0.717) is 5.75 Å². The van der Waals surface area contributed by atoms with Gasteiger partial charge >= 0.3 is 0 Å². The zero-order valence-electron chi connectivity index (χ0n) is 14.8. The minimum absolute atomic E-state index is 0.00573. The van der Waals surface area contributed by atoms with E-state index in [1.165, 1.54) is 55.6 Å². The van der Waals surface area contributed by atoms with E-state index in [4.69, 9.17) is 9.47 Å². The molecule has 0 unspecified atom stereocenters. The summed E-state index contributed by atoms with van der Waals surface area (Å²) < 4.78 is 49.7. The number of halogens is 1. The van der Waals surface area contributed by atoms with Gasteiger partial charge < -0.3 is 14.8 Å². The average Bonchev–Trinajstić information content (AvgIpc) is 2.66. The fourth-order valence-corrected chi connectivity index (χ4v) is 3.19. The molecule has 0 radical (unpaired) electrons. The van der Waals surface area contributed by atoms with Crippen molar-refractivity contribution < 1.29 is 27.1 Å². The molecule has 0 bridgehead atoms. The van der Waals surface area contributed by atoms with Crippen LogP contribution in [0, 0.1) is 5.82 Å². The molecule has 0 aliphatic carbocycles. The van der Waals surface area contributed by atoms with Crippen LogP contribution in [-0.2, 0) is 14.8 Å². The first-order valence-corrected chi connectivity index (χ1v) is 9.66. The zero-order chi connectivity index (χ0) is 19.7. The Morgan fingerprint density at radius 3 is 2.52 bits per heavy atom. The summed E-state index contributed by atoms with van der Waals surface area (Å²) in [6.07, 6.45) is 0. The van der Waals surface area contributed by atoms with Crippen molar-refractivity contribution in [3.8, 4) is 5.75 Å². The van der Waals surface area contributed by atoms with Crippen LogP contribution >= 0.6 is 0 Å². The zero-order valence-corrected chi connectivity index (χ0v) is 15.6. The quantitative estimate of drug-likeness (QED) is 0.595. The fourth-order valence-electron chi connectivity index (χ4n) is 2.13. The second-order valence-electron chi connectivity index (χ2n) is 5.48. The Morgan fingerprint density at radius 2 is 1.81 bits per heavy atom. The van der Waals surface area contributed by atoms with E-state index in [0.717, 1.165) is 0 Å². The number of hydrogen-bond donors (Lipinski definition) is 2. The Balaban J connectivity index is 1.88. The number of sulfonamides is 1. The minimum Gasteiger partial charge on any atom is -0.492 e. The molecular weight excluding hydrogens is 375 g/mol. The molecule has 0 atom stereocenters. The highest BCUT2D eigenvalue weighted by atomic mass is 32.2. The van der Waals surface area contributed by atoms with Crippen LogP contribution in [0.1, 0.15) is 10.4 Å². The van der Waals surface area contributed by atoms with Crippen molar-refractivity contribution in [3.05, 3.63) is 59.9 Å². The van der Waals surface area contributed by atoms with Crippen molar-refractivity contribution >= 4 is 15.9 Å². The molecule has 0 fully saturated rings. The van der Waals surface area contributed by atoms with Crippen LogP contribution in [0.25, 0.3) is 0 Å². The first-order valence-electron chi connectivity index (χ1n) is 8.17. The molecule has 2 rings (SSSR count). The molecular formula is C18H21FN2O5S. The van der Waals surface area contributed by atoms with Gasteiger partial charge in [0.25, 0.3) is 5.91 Å². The molecule has 27 heavy (non-hydrogen) atoms. The van der Waals surface area contributed by atoms with Crippen LogP contribution in [0.5, 0.6) is 5.75 Å². The number of methoxy groups -OCH3 is 1.